The van der Waals surface area contributed by atoms with Gasteiger partial charge in [0, 0.05) is 0 Å². The second-order valence-electron chi connectivity index (χ2n) is 3.92. The van der Waals surface area contributed by atoms with Gasteiger partial charge in [-0.1, -0.05) is 13.8 Å². The number of carbonyl (C=O) groups excluding carboxylic acids is 1. The Bertz CT molecular complexity index is 392. The van der Waals surface area contributed by atoms with E-state index in [1.807, 2.05) is 13.8 Å². The second kappa shape index (κ2) is 6.09. The van der Waals surface area contributed by atoms with Crippen molar-refractivity contribution in [2.24, 2.45) is 11.7 Å². The van der Waals surface area contributed by atoms with Gasteiger partial charge in [-0.05, 0) is 35.5 Å². The van der Waals surface area contributed by atoms with Crippen LogP contribution in [0.3, 0.4) is 0 Å². The van der Waals surface area contributed by atoms with Crippen molar-refractivity contribution < 1.29 is 4.79 Å². The Labute approximate surface area is 109 Å². The van der Waals surface area contributed by atoms with E-state index in [4.69, 9.17) is 28.9 Å². The largest absolute Gasteiger partial charge is 0.320 e. The maximum absolute atomic E-state index is 11.6. The molecule has 0 fully saturated rings. The van der Waals surface area contributed by atoms with E-state index in [0.29, 0.717) is 12.3 Å². The highest BCUT2D eigenvalue weighted by Crippen LogP contribution is 2.10. The van der Waals surface area contributed by atoms with Crippen molar-refractivity contribution in [3.05, 3.63) is 10.6 Å². The lowest BCUT2D eigenvalue weighted by Crippen LogP contribution is -2.37. The van der Waals surface area contributed by atoms with E-state index in [2.05, 4.69) is 20.3 Å². The molecule has 1 atom stereocenters. The van der Waals surface area contributed by atoms with Crippen molar-refractivity contribution >= 4 is 35.1 Å². The zero-order chi connectivity index (χ0) is 13.0. The van der Waals surface area contributed by atoms with Gasteiger partial charge in [-0.3, -0.25) is 10.1 Å². The monoisotopic (exact) mass is 277 g/mol. The van der Waals surface area contributed by atoms with Crippen molar-refractivity contribution in [1.82, 2.24) is 15.0 Å². The molecule has 0 saturated carbocycles. The molecule has 0 radical (unpaired) electrons. The number of nitrogens with zero attached hydrogens (tertiary/aromatic N) is 3. The Morgan fingerprint density at radius 3 is 2.29 bits per heavy atom. The minimum absolute atomic E-state index is 0.000735. The molecular weight excluding hydrogens is 265 g/mol. The summed E-state index contributed by atoms with van der Waals surface area (Å²) in [6.07, 6.45) is 0.568. The van der Waals surface area contributed by atoms with Crippen LogP contribution in [0, 0.1) is 5.92 Å². The number of anilines is 1. The first-order valence-electron chi connectivity index (χ1n) is 5.02. The smallest absolute Gasteiger partial charge is 0.243 e. The summed E-state index contributed by atoms with van der Waals surface area (Å²) in [4.78, 5) is 22.6. The van der Waals surface area contributed by atoms with Gasteiger partial charge >= 0.3 is 0 Å². The lowest BCUT2D eigenvalue weighted by atomic mass is 10.0. The minimum Gasteiger partial charge on any atom is -0.320 e. The summed E-state index contributed by atoms with van der Waals surface area (Å²) in [6.45, 7) is 3.95. The average molecular weight is 278 g/mol. The van der Waals surface area contributed by atoms with Gasteiger partial charge in [-0.15, -0.1) is 0 Å². The highest BCUT2D eigenvalue weighted by molar-refractivity contribution is 6.31. The van der Waals surface area contributed by atoms with E-state index in [0.717, 1.165) is 0 Å². The van der Waals surface area contributed by atoms with Crippen molar-refractivity contribution in [1.29, 1.82) is 0 Å². The van der Waals surface area contributed by atoms with E-state index in [1.165, 1.54) is 0 Å². The number of amides is 1. The van der Waals surface area contributed by atoms with Crippen LogP contribution in [0.25, 0.3) is 0 Å². The van der Waals surface area contributed by atoms with Crippen LogP contribution in [0.2, 0.25) is 10.6 Å². The van der Waals surface area contributed by atoms with Crippen LogP contribution in [0.1, 0.15) is 20.3 Å². The number of aromatic nitrogens is 3. The zero-order valence-corrected chi connectivity index (χ0v) is 11.0. The molecule has 1 aromatic rings. The van der Waals surface area contributed by atoms with E-state index in [9.17, 15) is 4.79 Å². The lowest BCUT2D eigenvalue weighted by molar-refractivity contribution is -0.117. The molecular formula is C9H13Cl2N5O. The zero-order valence-electron chi connectivity index (χ0n) is 9.44. The third kappa shape index (κ3) is 4.80. The molecule has 0 saturated heterocycles. The van der Waals surface area contributed by atoms with E-state index in [-0.39, 0.29) is 22.4 Å². The molecule has 3 N–H and O–H groups in total. The molecule has 1 amide bonds. The van der Waals surface area contributed by atoms with Crippen molar-refractivity contribution in [3.8, 4) is 0 Å². The van der Waals surface area contributed by atoms with Gasteiger partial charge in [0.25, 0.3) is 0 Å². The normalized spacial score (nSPS) is 12.6. The third-order valence-corrected chi connectivity index (χ3v) is 2.22. The van der Waals surface area contributed by atoms with Crippen LogP contribution in [-0.4, -0.2) is 26.9 Å². The molecule has 1 rings (SSSR count). The van der Waals surface area contributed by atoms with Gasteiger partial charge in [-0.25, -0.2) is 0 Å². The van der Waals surface area contributed by atoms with Gasteiger partial charge in [0.2, 0.25) is 22.4 Å². The number of nitrogens with one attached hydrogen (secondary N) is 1. The van der Waals surface area contributed by atoms with Crippen LogP contribution >= 0.6 is 23.2 Å². The van der Waals surface area contributed by atoms with Crippen LogP contribution in [-0.2, 0) is 4.79 Å². The second-order valence-corrected chi connectivity index (χ2v) is 4.60. The van der Waals surface area contributed by atoms with Crippen molar-refractivity contribution in [3.63, 3.8) is 0 Å². The van der Waals surface area contributed by atoms with E-state index in [1.54, 1.807) is 0 Å². The van der Waals surface area contributed by atoms with Gasteiger partial charge in [-0.2, -0.15) is 15.0 Å². The first-order valence-corrected chi connectivity index (χ1v) is 5.77. The Hall–Kier alpha value is -0.980. The molecule has 8 heteroatoms. The maximum atomic E-state index is 11.6. The summed E-state index contributed by atoms with van der Waals surface area (Å²) in [5, 5.41) is 2.26. The molecule has 94 valence electrons. The summed E-state index contributed by atoms with van der Waals surface area (Å²) in [7, 11) is 0. The molecule has 0 bridgehead atoms. The van der Waals surface area contributed by atoms with Crippen LogP contribution in [0.5, 0.6) is 0 Å². The molecule has 0 unspecified atom stereocenters. The van der Waals surface area contributed by atoms with Gasteiger partial charge in [0.15, 0.2) is 0 Å². The lowest BCUT2D eigenvalue weighted by Gasteiger charge is -2.13. The van der Waals surface area contributed by atoms with Crippen molar-refractivity contribution in [2.45, 2.75) is 26.3 Å². The van der Waals surface area contributed by atoms with Gasteiger partial charge in [0.1, 0.15) is 0 Å². The van der Waals surface area contributed by atoms with Gasteiger partial charge < -0.3 is 5.73 Å². The molecule has 17 heavy (non-hydrogen) atoms. The van der Waals surface area contributed by atoms with E-state index >= 15 is 0 Å². The molecule has 1 heterocycles. The highest BCUT2D eigenvalue weighted by atomic mass is 35.5. The summed E-state index contributed by atoms with van der Waals surface area (Å²) >= 11 is 11.1. The fraction of sp³-hybridized carbons (Fsp3) is 0.556. The first kappa shape index (κ1) is 14.1. The topological polar surface area (TPSA) is 93.8 Å². The fourth-order valence-electron chi connectivity index (χ4n) is 1.20. The predicted molar refractivity (Wildman–Crippen MR) is 65.9 cm³/mol. The highest BCUT2D eigenvalue weighted by Gasteiger charge is 2.16. The SMILES string of the molecule is CC(C)C[C@H](N)C(=O)Nc1nc(Cl)nc(Cl)n1. The fourth-order valence-corrected chi connectivity index (χ4v) is 1.56. The molecule has 1 aromatic heterocycles. The Kier molecular flexibility index (Phi) is 5.04. The molecule has 0 aliphatic carbocycles. The standard InChI is InChI=1S/C9H13Cl2N5O/c1-4(2)3-5(12)6(17)13-9-15-7(10)14-8(11)16-9/h4-5H,3,12H2,1-2H3,(H,13,14,15,16,17)/t5-/m0/s1. The van der Waals surface area contributed by atoms with Crippen molar-refractivity contribution in [2.75, 3.05) is 5.32 Å². The molecule has 0 aliphatic heterocycles. The third-order valence-electron chi connectivity index (χ3n) is 1.88. The minimum atomic E-state index is -0.621. The first-order chi connectivity index (χ1) is 7.88. The average Bonchev–Trinajstić information content (AvgIpc) is 2.14. The van der Waals surface area contributed by atoms with Crippen LogP contribution < -0.4 is 11.1 Å². The predicted octanol–water partition coefficient (Wildman–Crippen LogP) is 1.49. The van der Waals surface area contributed by atoms with Crippen LogP contribution in [0.4, 0.5) is 5.95 Å². The number of hydrogen-bond acceptors (Lipinski definition) is 5. The number of rotatable bonds is 4. The summed E-state index contributed by atoms with van der Waals surface area (Å²) in [5.41, 5.74) is 5.69. The Balaban J connectivity index is 2.67. The quantitative estimate of drug-likeness (QED) is 0.870. The van der Waals surface area contributed by atoms with Crippen LogP contribution in [0.15, 0.2) is 0 Å². The maximum Gasteiger partial charge on any atom is 0.243 e. The summed E-state index contributed by atoms with van der Waals surface area (Å²) < 4.78 is 0. The molecule has 0 aromatic carbocycles. The number of halogens is 2. The Morgan fingerprint density at radius 2 is 1.82 bits per heavy atom. The summed E-state index contributed by atoms with van der Waals surface area (Å²) in [5.74, 6) is -0.0578. The number of carbonyl (C=O) groups is 1. The molecule has 0 spiro atoms. The van der Waals surface area contributed by atoms with E-state index < -0.39 is 6.04 Å². The Morgan fingerprint density at radius 1 is 1.29 bits per heavy atom. The van der Waals surface area contributed by atoms with Gasteiger partial charge in [0.05, 0.1) is 6.04 Å². The number of hydrogen-bond donors (Lipinski definition) is 2. The summed E-state index contributed by atoms with van der Waals surface area (Å²) in [6, 6.07) is -0.621. The molecule has 0 aliphatic rings. The number of nitrogens with two attached hydrogens (primary N) is 1. The molecule has 6 nitrogen and oxygen atoms in total.